The number of fused-ring (bicyclic) bond motifs is 3. The van der Waals surface area contributed by atoms with Crippen LogP contribution in [0.25, 0.3) is 10.2 Å². The Morgan fingerprint density at radius 3 is 3.00 bits per heavy atom. The van der Waals surface area contributed by atoms with E-state index in [1.165, 1.54) is 11.3 Å². The molecule has 2 aromatic rings. The number of urea groups is 1. The molecule has 0 N–H and O–H groups in total. The van der Waals surface area contributed by atoms with Crippen LogP contribution in [-0.4, -0.2) is 46.0 Å². The Morgan fingerprint density at radius 2 is 2.32 bits per heavy atom. The summed E-state index contributed by atoms with van der Waals surface area (Å²) in [6.45, 7) is 5.30. The first-order valence-corrected chi connectivity index (χ1v) is 7.91. The number of nitrogens with zero attached hydrogens (tertiary/aromatic N) is 4. The molecule has 1 aliphatic heterocycles. The van der Waals surface area contributed by atoms with E-state index in [-0.39, 0.29) is 11.6 Å². The van der Waals surface area contributed by atoms with Crippen molar-refractivity contribution >= 4 is 27.6 Å². The standard InChI is InChI=1S/C15H18N4O2S/c1-4-6-19-9-16-13-12(14(19)20)10-5-7-18(8-11(10)22-13)15(21)17(2)3/h4,9H,1,5-8H2,2-3H3. The van der Waals surface area contributed by atoms with Gasteiger partial charge in [0.15, 0.2) is 0 Å². The molecule has 0 saturated heterocycles. The van der Waals surface area contributed by atoms with Crippen molar-refractivity contribution in [3.63, 3.8) is 0 Å². The van der Waals surface area contributed by atoms with Gasteiger partial charge >= 0.3 is 6.03 Å². The zero-order valence-electron chi connectivity index (χ0n) is 12.7. The van der Waals surface area contributed by atoms with Crippen LogP contribution in [0.3, 0.4) is 0 Å². The van der Waals surface area contributed by atoms with Crippen molar-refractivity contribution in [1.29, 1.82) is 0 Å². The molecule has 2 aromatic heterocycles. The second-order valence-corrected chi connectivity index (χ2v) is 6.61. The molecule has 0 radical (unpaired) electrons. The van der Waals surface area contributed by atoms with Gasteiger partial charge in [-0.1, -0.05) is 6.08 Å². The average molecular weight is 318 g/mol. The van der Waals surface area contributed by atoms with Crippen molar-refractivity contribution in [3.8, 4) is 0 Å². The van der Waals surface area contributed by atoms with E-state index in [1.54, 1.807) is 40.9 Å². The molecular formula is C15H18N4O2S. The fourth-order valence-corrected chi connectivity index (χ4v) is 3.93. The van der Waals surface area contributed by atoms with Crippen LogP contribution >= 0.6 is 11.3 Å². The summed E-state index contributed by atoms with van der Waals surface area (Å²) in [6, 6.07) is 0.000124. The average Bonchev–Trinajstić information content (AvgIpc) is 2.87. The Morgan fingerprint density at radius 1 is 1.55 bits per heavy atom. The van der Waals surface area contributed by atoms with Crippen LogP contribution in [0.2, 0.25) is 0 Å². The van der Waals surface area contributed by atoms with Gasteiger partial charge in [-0.3, -0.25) is 9.36 Å². The summed E-state index contributed by atoms with van der Waals surface area (Å²) in [7, 11) is 3.50. The molecule has 0 bridgehead atoms. The predicted molar refractivity (Wildman–Crippen MR) is 87.3 cm³/mol. The number of amides is 2. The summed E-state index contributed by atoms with van der Waals surface area (Å²) >= 11 is 1.51. The molecule has 6 nitrogen and oxygen atoms in total. The predicted octanol–water partition coefficient (Wildman–Crippen LogP) is 1.68. The van der Waals surface area contributed by atoms with Crippen LogP contribution < -0.4 is 5.56 Å². The van der Waals surface area contributed by atoms with E-state index in [1.807, 2.05) is 0 Å². The van der Waals surface area contributed by atoms with Gasteiger partial charge in [-0.05, 0) is 12.0 Å². The molecule has 0 aliphatic carbocycles. The molecule has 3 heterocycles. The Bertz CT molecular complexity index is 806. The van der Waals surface area contributed by atoms with Crippen molar-refractivity contribution in [1.82, 2.24) is 19.4 Å². The Kier molecular flexibility index (Phi) is 3.74. The van der Waals surface area contributed by atoms with Gasteiger partial charge in [0, 0.05) is 32.1 Å². The maximum atomic E-state index is 12.6. The van der Waals surface area contributed by atoms with Gasteiger partial charge in [0.1, 0.15) is 4.83 Å². The second-order valence-electron chi connectivity index (χ2n) is 5.52. The third kappa shape index (κ3) is 2.31. The van der Waals surface area contributed by atoms with Crippen LogP contribution in [0.15, 0.2) is 23.8 Å². The van der Waals surface area contributed by atoms with Gasteiger partial charge in [-0.2, -0.15) is 0 Å². The van der Waals surface area contributed by atoms with Crippen molar-refractivity contribution in [2.24, 2.45) is 0 Å². The second kappa shape index (κ2) is 5.57. The van der Waals surface area contributed by atoms with E-state index in [0.717, 1.165) is 15.3 Å². The first-order chi connectivity index (χ1) is 10.5. The third-order valence-corrected chi connectivity index (χ3v) is 4.93. The molecule has 7 heteroatoms. The number of thiophene rings is 1. The molecule has 0 atom stereocenters. The molecule has 1 aliphatic rings. The Balaban J connectivity index is 2.04. The van der Waals surface area contributed by atoms with Crippen molar-refractivity contribution in [2.45, 2.75) is 19.5 Å². The van der Waals surface area contributed by atoms with E-state index in [0.29, 0.717) is 31.4 Å². The third-order valence-electron chi connectivity index (χ3n) is 3.81. The Labute approximate surface area is 132 Å². The quantitative estimate of drug-likeness (QED) is 0.792. The summed E-state index contributed by atoms with van der Waals surface area (Å²) < 4.78 is 1.57. The maximum Gasteiger partial charge on any atom is 0.319 e. The topological polar surface area (TPSA) is 58.4 Å². The molecule has 22 heavy (non-hydrogen) atoms. The minimum Gasteiger partial charge on any atom is -0.331 e. The number of carbonyl (C=O) groups is 1. The molecule has 0 unspecified atom stereocenters. The molecule has 0 saturated carbocycles. The zero-order chi connectivity index (χ0) is 15.9. The molecular weight excluding hydrogens is 300 g/mol. The highest BCUT2D eigenvalue weighted by Gasteiger charge is 2.26. The van der Waals surface area contributed by atoms with E-state index in [4.69, 9.17) is 0 Å². The van der Waals surface area contributed by atoms with Gasteiger partial charge in [-0.15, -0.1) is 17.9 Å². The highest BCUT2D eigenvalue weighted by atomic mass is 32.1. The number of carbonyl (C=O) groups excluding carboxylic acids is 1. The van der Waals surface area contributed by atoms with Crippen LogP contribution in [0.1, 0.15) is 10.4 Å². The minimum atomic E-state index is -0.0187. The lowest BCUT2D eigenvalue weighted by Crippen LogP contribution is -2.41. The first-order valence-electron chi connectivity index (χ1n) is 7.09. The van der Waals surface area contributed by atoms with Crippen LogP contribution in [0.4, 0.5) is 4.79 Å². The molecule has 2 amide bonds. The monoisotopic (exact) mass is 318 g/mol. The van der Waals surface area contributed by atoms with E-state index >= 15 is 0 Å². The van der Waals surface area contributed by atoms with Gasteiger partial charge in [0.05, 0.1) is 18.3 Å². The van der Waals surface area contributed by atoms with Crippen molar-refractivity contribution in [3.05, 3.63) is 39.8 Å². The van der Waals surface area contributed by atoms with Gasteiger partial charge in [0.2, 0.25) is 0 Å². The number of allylic oxidation sites excluding steroid dienone is 1. The summed E-state index contributed by atoms with van der Waals surface area (Å²) in [5.74, 6) is 0. The molecule has 116 valence electrons. The van der Waals surface area contributed by atoms with Crippen LogP contribution in [-0.2, 0) is 19.5 Å². The van der Waals surface area contributed by atoms with Crippen LogP contribution in [0.5, 0.6) is 0 Å². The lowest BCUT2D eigenvalue weighted by atomic mass is 10.1. The van der Waals surface area contributed by atoms with E-state index < -0.39 is 0 Å². The molecule has 0 spiro atoms. The zero-order valence-corrected chi connectivity index (χ0v) is 13.5. The van der Waals surface area contributed by atoms with E-state index in [9.17, 15) is 9.59 Å². The molecule has 0 fully saturated rings. The number of rotatable bonds is 2. The summed E-state index contributed by atoms with van der Waals surface area (Å²) in [4.78, 5) is 34.3. The van der Waals surface area contributed by atoms with Crippen molar-refractivity contribution in [2.75, 3.05) is 20.6 Å². The number of hydrogen-bond acceptors (Lipinski definition) is 4. The summed E-state index contributed by atoms with van der Waals surface area (Å²) in [5, 5.41) is 0.710. The highest BCUT2D eigenvalue weighted by Crippen LogP contribution is 2.32. The minimum absolute atomic E-state index is 0.000124. The normalized spacial score (nSPS) is 14.0. The van der Waals surface area contributed by atoms with Crippen molar-refractivity contribution < 1.29 is 4.79 Å². The van der Waals surface area contributed by atoms with E-state index in [2.05, 4.69) is 11.6 Å². The fourth-order valence-electron chi connectivity index (χ4n) is 2.73. The SMILES string of the molecule is C=CCn1cnc2sc3c(c2c1=O)CCN(C(=O)N(C)C)C3. The Hall–Kier alpha value is -2.15. The number of hydrogen-bond donors (Lipinski definition) is 0. The van der Waals surface area contributed by atoms with Gasteiger partial charge in [0.25, 0.3) is 5.56 Å². The molecule has 0 aromatic carbocycles. The lowest BCUT2D eigenvalue weighted by molar-refractivity contribution is 0.166. The maximum absolute atomic E-state index is 12.6. The van der Waals surface area contributed by atoms with Crippen LogP contribution in [0, 0.1) is 0 Å². The first kappa shape index (κ1) is 14.8. The largest absolute Gasteiger partial charge is 0.331 e. The fraction of sp³-hybridized carbons (Fsp3) is 0.400. The lowest BCUT2D eigenvalue weighted by Gasteiger charge is -2.29. The summed E-state index contributed by atoms with van der Waals surface area (Å²) in [6.07, 6.45) is 3.95. The van der Waals surface area contributed by atoms with Gasteiger partial charge < -0.3 is 9.80 Å². The molecule has 3 rings (SSSR count). The number of aromatic nitrogens is 2. The van der Waals surface area contributed by atoms with Gasteiger partial charge in [-0.25, -0.2) is 9.78 Å². The smallest absolute Gasteiger partial charge is 0.319 e. The highest BCUT2D eigenvalue weighted by molar-refractivity contribution is 7.18. The summed E-state index contributed by atoms with van der Waals surface area (Å²) in [5.41, 5.74) is 1.04.